The molecule has 1 saturated heterocycles. The molecule has 0 aromatic rings. The number of carbonyl (C=O) groups excluding carboxylic acids is 3. The lowest BCUT2D eigenvalue weighted by molar-refractivity contribution is -0.159. The molecule has 3 amide bonds. The number of carbonyl (C=O) groups is 4. The second-order valence-electron chi connectivity index (χ2n) is 5.38. The van der Waals surface area contributed by atoms with Gasteiger partial charge in [0, 0.05) is 5.57 Å². The average Bonchev–Trinajstić information content (AvgIpc) is 2.63. The molecule has 0 aromatic carbocycles. The number of amides is 3. The van der Waals surface area contributed by atoms with E-state index in [-0.39, 0.29) is 18.9 Å². The molecule has 1 N–H and O–H groups in total. The quantitative estimate of drug-likeness (QED) is 0.739. The summed E-state index contributed by atoms with van der Waals surface area (Å²) < 4.78 is 0. The van der Waals surface area contributed by atoms with Crippen LogP contribution in [0.15, 0.2) is 49.1 Å². The summed E-state index contributed by atoms with van der Waals surface area (Å²) in [5.41, 5.74) is 0.292. The van der Waals surface area contributed by atoms with Crippen molar-refractivity contribution in [3.8, 4) is 0 Å². The van der Waals surface area contributed by atoms with Crippen molar-refractivity contribution in [2.75, 3.05) is 13.3 Å². The zero-order valence-electron chi connectivity index (χ0n) is 14.3. The van der Waals surface area contributed by atoms with Gasteiger partial charge >= 0.3 is 5.97 Å². The summed E-state index contributed by atoms with van der Waals surface area (Å²) in [5, 5.41) is 9.24. The van der Waals surface area contributed by atoms with Crippen LogP contribution in [0.1, 0.15) is 13.8 Å². The van der Waals surface area contributed by atoms with E-state index in [0.29, 0.717) is 5.57 Å². The van der Waals surface area contributed by atoms with Gasteiger partial charge in [0.25, 0.3) is 0 Å². The minimum Gasteiger partial charge on any atom is -0.478 e. The van der Waals surface area contributed by atoms with Crippen molar-refractivity contribution >= 4 is 23.7 Å². The highest BCUT2D eigenvalue weighted by atomic mass is 16.4. The normalized spacial score (nSPS) is 16.0. The van der Waals surface area contributed by atoms with Crippen LogP contribution in [0, 0.1) is 0 Å². The van der Waals surface area contributed by atoms with Gasteiger partial charge in [0.15, 0.2) is 0 Å². The number of rotatable bonds is 5. The van der Waals surface area contributed by atoms with Crippen molar-refractivity contribution in [2.24, 2.45) is 0 Å². The fourth-order valence-electron chi connectivity index (χ4n) is 2.45. The lowest BCUT2D eigenvalue weighted by Gasteiger charge is -2.48. The molecular weight excluding hydrogens is 326 g/mol. The molecule has 1 fully saturated rings. The van der Waals surface area contributed by atoms with Crippen LogP contribution in [0.3, 0.4) is 0 Å². The monoisotopic (exact) mass is 347 g/mol. The van der Waals surface area contributed by atoms with Crippen LogP contribution >= 0.6 is 0 Å². The van der Waals surface area contributed by atoms with Gasteiger partial charge in [-0.15, -0.1) is 0 Å². The molecule has 0 unspecified atom stereocenters. The smallest absolute Gasteiger partial charge is 0.331 e. The van der Waals surface area contributed by atoms with E-state index < -0.39 is 29.9 Å². The second kappa shape index (κ2) is 8.09. The summed E-state index contributed by atoms with van der Waals surface area (Å²) >= 11 is 0. The summed E-state index contributed by atoms with van der Waals surface area (Å²) in [5.74, 6) is -2.74. The van der Waals surface area contributed by atoms with E-state index in [1.165, 1.54) is 28.5 Å². The van der Waals surface area contributed by atoms with E-state index in [9.17, 15) is 24.3 Å². The Morgan fingerprint density at radius 1 is 0.880 bits per heavy atom. The number of hydrogen-bond acceptors (Lipinski definition) is 4. The van der Waals surface area contributed by atoms with Crippen LogP contribution in [0.2, 0.25) is 0 Å². The van der Waals surface area contributed by atoms with Crippen LogP contribution in [-0.2, 0) is 19.2 Å². The topological polar surface area (TPSA) is 98.2 Å². The van der Waals surface area contributed by atoms with Crippen molar-refractivity contribution in [1.29, 1.82) is 0 Å². The SMILES string of the molecule is C=CC(=O)N1CN(C(=O)C=C)C(C(C)=C(C)C(=O)O)N(C(=O)C=C)C1. The van der Waals surface area contributed by atoms with E-state index in [2.05, 4.69) is 19.7 Å². The molecule has 1 rings (SSSR count). The molecular formula is C17H21N3O5. The summed E-state index contributed by atoms with van der Waals surface area (Å²) in [6.45, 7) is 12.9. The molecule has 0 radical (unpaired) electrons. The summed E-state index contributed by atoms with van der Waals surface area (Å²) in [4.78, 5) is 51.5. The van der Waals surface area contributed by atoms with E-state index in [0.717, 1.165) is 18.2 Å². The Balaban J connectivity index is 3.52. The fourth-order valence-corrected chi connectivity index (χ4v) is 2.45. The van der Waals surface area contributed by atoms with Crippen LogP contribution in [-0.4, -0.2) is 63.0 Å². The van der Waals surface area contributed by atoms with Gasteiger partial charge in [-0.3, -0.25) is 24.2 Å². The van der Waals surface area contributed by atoms with Gasteiger partial charge in [0.2, 0.25) is 17.7 Å². The summed E-state index contributed by atoms with van der Waals surface area (Å²) in [6, 6.07) is 0. The molecule has 134 valence electrons. The van der Waals surface area contributed by atoms with Gasteiger partial charge < -0.3 is 10.0 Å². The lowest BCUT2D eigenvalue weighted by Crippen LogP contribution is -2.65. The molecule has 1 heterocycles. The lowest BCUT2D eigenvalue weighted by atomic mass is 10.1. The third-order valence-electron chi connectivity index (χ3n) is 3.94. The summed E-state index contributed by atoms with van der Waals surface area (Å²) in [6.07, 6.45) is 2.17. The van der Waals surface area contributed by atoms with Gasteiger partial charge in [-0.05, 0) is 37.6 Å². The molecule has 0 atom stereocenters. The summed E-state index contributed by atoms with van der Waals surface area (Å²) in [7, 11) is 0. The largest absolute Gasteiger partial charge is 0.478 e. The van der Waals surface area contributed by atoms with Gasteiger partial charge in [0.1, 0.15) is 19.5 Å². The first-order valence-corrected chi connectivity index (χ1v) is 7.37. The number of aliphatic carboxylic acids is 1. The third kappa shape index (κ3) is 4.03. The minimum atomic E-state index is -1.17. The molecule has 0 spiro atoms. The fraction of sp³-hybridized carbons (Fsp3) is 0.294. The molecule has 0 bridgehead atoms. The van der Waals surface area contributed by atoms with E-state index in [4.69, 9.17) is 0 Å². The first-order chi connectivity index (χ1) is 11.7. The van der Waals surface area contributed by atoms with Crippen LogP contribution < -0.4 is 0 Å². The Bertz CT molecular complexity index is 650. The number of carboxylic acids is 1. The molecule has 1 aliphatic heterocycles. The Labute approximate surface area is 146 Å². The van der Waals surface area contributed by atoms with Crippen LogP contribution in [0.25, 0.3) is 0 Å². The van der Waals surface area contributed by atoms with Crippen LogP contribution in [0.5, 0.6) is 0 Å². The molecule has 0 aromatic heterocycles. The van der Waals surface area contributed by atoms with Crippen molar-refractivity contribution in [3.05, 3.63) is 49.1 Å². The standard InChI is InChI=1S/C17H21N3O5/c1-6-13(21)18-9-19(14(22)7-2)16(11(4)12(5)17(24)25)20(10-18)15(23)8-3/h6-8,16H,1-3,9-10H2,4-5H3,(H,24,25). The van der Waals surface area contributed by atoms with Gasteiger partial charge in [-0.1, -0.05) is 19.7 Å². The predicted molar refractivity (Wildman–Crippen MR) is 90.7 cm³/mol. The number of nitrogens with zero attached hydrogens (tertiary/aromatic N) is 3. The van der Waals surface area contributed by atoms with E-state index in [1.54, 1.807) is 0 Å². The van der Waals surface area contributed by atoms with Crippen molar-refractivity contribution in [3.63, 3.8) is 0 Å². The molecule has 25 heavy (non-hydrogen) atoms. The maximum Gasteiger partial charge on any atom is 0.331 e. The highest BCUT2D eigenvalue weighted by Crippen LogP contribution is 2.25. The van der Waals surface area contributed by atoms with Crippen molar-refractivity contribution in [1.82, 2.24) is 14.7 Å². The number of carboxylic acid groups (broad SMARTS) is 1. The zero-order chi connectivity index (χ0) is 19.3. The minimum absolute atomic E-state index is 0.00257. The van der Waals surface area contributed by atoms with E-state index >= 15 is 0 Å². The molecule has 0 aliphatic carbocycles. The molecule has 1 aliphatic rings. The molecule has 0 saturated carbocycles. The van der Waals surface area contributed by atoms with Crippen molar-refractivity contribution in [2.45, 2.75) is 20.0 Å². The Morgan fingerprint density at radius 2 is 1.28 bits per heavy atom. The Hall–Kier alpha value is -3.16. The maximum atomic E-state index is 12.3. The van der Waals surface area contributed by atoms with Gasteiger partial charge in [-0.25, -0.2) is 4.79 Å². The highest BCUT2D eigenvalue weighted by molar-refractivity contribution is 5.93. The first kappa shape index (κ1) is 19.9. The third-order valence-corrected chi connectivity index (χ3v) is 3.94. The number of hydrogen-bond donors (Lipinski definition) is 1. The molecule has 8 nitrogen and oxygen atoms in total. The van der Waals surface area contributed by atoms with Gasteiger partial charge in [-0.2, -0.15) is 0 Å². The van der Waals surface area contributed by atoms with E-state index in [1.807, 2.05) is 0 Å². The predicted octanol–water partition coefficient (Wildman–Crippen LogP) is 0.706. The average molecular weight is 347 g/mol. The van der Waals surface area contributed by atoms with Crippen molar-refractivity contribution < 1.29 is 24.3 Å². The second-order valence-corrected chi connectivity index (χ2v) is 5.38. The highest BCUT2D eigenvalue weighted by Gasteiger charge is 2.40. The van der Waals surface area contributed by atoms with Crippen LogP contribution in [0.4, 0.5) is 0 Å². The van der Waals surface area contributed by atoms with Gasteiger partial charge in [0.05, 0.1) is 0 Å². The Morgan fingerprint density at radius 3 is 1.60 bits per heavy atom. The maximum absolute atomic E-state index is 12.3. The molecule has 8 heteroatoms. The first-order valence-electron chi connectivity index (χ1n) is 7.37. The zero-order valence-corrected chi connectivity index (χ0v) is 14.3. The Kier molecular flexibility index (Phi) is 6.44.